The summed E-state index contributed by atoms with van der Waals surface area (Å²) in [6.07, 6.45) is 5.55. The summed E-state index contributed by atoms with van der Waals surface area (Å²) in [5.74, 6) is 0. The minimum atomic E-state index is 0.468. The lowest BCUT2D eigenvalue weighted by molar-refractivity contribution is 0.00917. The van der Waals surface area contributed by atoms with E-state index in [4.69, 9.17) is 4.74 Å². The molecular weight excluding hydrogens is 210 g/mol. The SMILES string of the molecule is Cc1ccc(COC2CC3CCC(C2)N3)cc1. The van der Waals surface area contributed by atoms with Gasteiger partial charge in [0.05, 0.1) is 12.7 Å². The Bertz CT molecular complexity index is 361. The van der Waals surface area contributed by atoms with E-state index >= 15 is 0 Å². The zero-order valence-electron chi connectivity index (χ0n) is 10.5. The van der Waals surface area contributed by atoms with Crippen molar-refractivity contribution in [2.75, 3.05) is 0 Å². The zero-order chi connectivity index (χ0) is 11.7. The van der Waals surface area contributed by atoms with Crippen molar-refractivity contribution < 1.29 is 4.74 Å². The lowest BCUT2D eigenvalue weighted by Crippen LogP contribution is -2.41. The smallest absolute Gasteiger partial charge is 0.0720 e. The molecule has 0 aliphatic carbocycles. The molecule has 2 saturated heterocycles. The Labute approximate surface area is 103 Å². The van der Waals surface area contributed by atoms with Crippen LogP contribution in [0.15, 0.2) is 24.3 Å². The van der Waals surface area contributed by atoms with E-state index in [-0.39, 0.29) is 0 Å². The first kappa shape index (κ1) is 11.2. The topological polar surface area (TPSA) is 21.3 Å². The maximum absolute atomic E-state index is 6.05. The summed E-state index contributed by atoms with van der Waals surface area (Å²) >= 11 is 0. The number of aryl methyl sites for hydroxylation is 1. The molecule has 2 bridgehead atoms. The number of rotatable bonds is 3. The van der Waals surface area contributed by atoms with Gasteiger partial charge >= 0.3 is 0 Å². The summed E-state index contributed by atoms with van der Waals surface area (Å²) < 4.78 is 6.05. The molecule has 0 saturated carbocycles. The van der Waals surface area contributed by atoms with Crippen LogP contribution in [0.5, 0.6) is 0 Å². The predicted molar refractivity (Wildman–Crippen MR) is 68.9 cm³/mol. The van der Waals surface area contributed by atoms with Crippen molar-refractivity contribution in [1.29, 1.82) is 0 Å². The lowest BCUT2D eigenvalue weighted by atomic mass is 10.0. The summed E-state index contributed by atoms with van der Waals surface area (Å²) in [4.78, 5) is 0. The Morgan fingerprint density at radius 2 is 1.76 bits per heavy atom. The van der Waals surface area contributed by atoms with Crippen LogP contribution in [-0.4, -0.2) is 18.2 Å². The van der Waals surface area contributed by atoms with Crippen LogP contribution in [0, 0.1) is 6.92 Å². The second-order valence-electron chi connectivity index (χ2n) is 5.53. The minimum Gasteiger partial charge on any atom is -0.373 e. The first-order valence-electron chi connectivity index (χ1n) is 6.73. The largest absolute Gasteiger partial charge is 0.373 e. The Morgan fingerprint density at radius 1 is 1.12 bits per heavy atom. The van der Waals surface area contributed by atoms with E-state index in [0.29, 0.717) is 6.10 Å². The number of hydrogen-bond donors (Lipinski definition) is 1. The molecule has 0 radical (unpaired) electrons. The van der Waals surface area contributed by atoms with Crippen LogP contribution in [0.1, 0.15) is 36.8 Å². The molecule has 0 spiro atoms. The molecule has 92 valence electrons. The molecule has 2 unspecified atom stereocenters. The molecule has 1 aromatic rings. The third-order valence-corrected chi connectivity index (χ3v) is 4.04. The van der Waals surface area contributed by atoms with Gasteiger partial charge in [0, 0.05) is 12.1 Å². The minimum absolute atomic E-state index is 0.468. The second kappa shape index (κ2) is 4.79. The van der Waals surface area contributed by atoms with Gasteiger partial charge in [-0.25, -0.2) is 0 Å². The predicted octanol–water partition coefficient (Wildman–Crippen LogP) is 2.79. The molecule has 2 nitrogen and oxygen atoms in total. The van der Waals surface area contributed by atoms with Gasteiger partial charge in [-0.1, -0.05) is 29.8 Å². The maximum Gasteiger partial charge on any atom is 0.0720 e. The van der Waals surface area contributed by atoms with Crippen molar-refractivity contribution >= 4 is 0 Å². The molecule has 17 heavy (non-hydrogen) atoms. The summed E-state index contributed by atoms with van der Waals surface area (Å²) in [6.45, 7) is 2.89. The van der Waals surface area contributed by atoms with Gasteiger partial charge in [-0.05, 0) is 38.2 Å². The van der Waals surface area contributed by atoms with Gasteiger partial charge in [-0.15, -0.1) is 0 Å². The summed E-state index contributed by atoms with van der Waals surface area (Å²) in [6, 6.07) is 10.1. The van der Waals surface area contributed by atoms with E-state index in [9.17, 15) is 0 Å². The summed E-state index contributed by atoms with van der Waals surface area (Å²) in [7, 11) is 0. The van der Waals surface area contributed by atoms with Crippen molar-refractivity contribution in [2.24, 2.45) is 0 Å². The molecule has 2 heteroatoms. The molecule has 2 aliphatic heterocycles. The Balaban J connectivity index is 1.52. The first-order chi connectivity index (χ1) is 8.29. The van der Waals surface area contributed by atoms with E-state index in [1.807, 2.05) is 0 Å². The van der Waals surface area contributed by atoms with Crippen LogP contribution in [0.25, 0.3) is 0 Å². The molecule has 0 aromatic heterocycles. The average Bonchev–Trinajstić information content (AvgIpc) is 2.68. The van der Waals surface area contributed by atoms with Gasteiger partial charge in [0.1, 0.15) is 0 Å². The molecule has 0 amide bonds. The molecule has 1 aromatic carbocycles. The Hall–Kier alpha value is -0.860. The van der Waals surface area contributed by atoms with Crippen LogP contribution in [-0.2, 0) is 11.3 Å². The normalized spacial score (nSPS) is 31.7. The third kappa shape index (κ3) is 2.70. The first-order valence-corrected chi connectivity index (χ1v) is 6.73. The monoisotopic (exact) mass is 231 g/mol. The number of ether oxygens (including phenoxy) is 1. The van der Waals surface area contributed by atoms with Gasteiger partial charge in [-0.2, -0.15) is 0 Å². The fraction of sp³-hybridized carbons (Fsp3) is 0.600. The Morgan fingerprint density at radius 3 is 2.41 bits per heavy atom. The average molecular weight is 231 g/mol. The highest BCUT2D eigenvalue weighted by Gasteiger charge is 2.33. The third-order valence-electron chi connectivity index (χ3n) is 4.04. The summed E-state index contributed by atoms with van der Waals surface area (Å²) in [5, 5.41) is 3.65. The summed E-state index contributed by atoms with van der Waals surface area (Å²) in [5.41, 5.74) is 2.61. The number of piperidine rings is 1. The van der Waals surface area contributed by atoms with Gasteiger partial charge < -0.3 is 10.1 Å². The van der Waals surface area contributed by atoms with Crippen LogP contribution in [0.2, 0.25) is 0 Å². The molecule has 2 atom stereocenters. The standard InChI is InChI=1S/C15H21NO/c1-11-2-4-12(5-3-11)10-17-15-8-13-6-7-14(9-15)16-13/h2-5,13-16H,6-10H2,1H3. The molecular formula is C15H21NO. The molecule has 2 aliphatic rings. The highest BCUT2D eigenvalue weighted by atomic mass is 16.5. The van der Waals surface area contributed by atoms with Crippen molar-refractivity contribution in [2.45, 2.75) is 57.4 Å². The highest BCUT2D eigenvalue weighted by molar-refractivity contribution is 5.20. The fourth-order valence-corrected chi connectivity index (χ4v) is 3.04. The lowest BCUT2D eigenvalue weighted by Gasteiger charge is -2.29. The number of fused-ring (bicyclic) bond motifs is 2. The van der Waals surface area contributed by atoms with Gasteiger partial charge in [0.25, 0.3) is 0 Å². The molecule has 2 fully saturated rings. The van der Waals surface area contributed by atoms with E-state index in [1.54, 1.807) is 0 Å². The molecule has 1 N–H and O–H groups in total. The van der Waals surface area contributed by atoms with Crippen LogP contribution in [0.3, 0.4) is 0 Å². The second-order valence-corrected chi connectivity index (χ2v) is 5.53. The van der Waals surface area contributed by atoms with Crippen LogP contribution in [0.4, 0.5) is 0 Å². The van der Waals surface area contributed by atoms with Crippen molar-refractivity contribution in [3.63, 3.8) is 0 Å². The molecule has 2 heterocycles. The number of nitrogens with one attached hydrogen (secondary N) is 1. The van der Waals surface area contributed by atoms with E-state index < -0.39 is 0 Å². The van der Waals surface area contributed by atoms with Gasteiger partial charge in [0.15, 0.2) is 0 Å². The van der Waals surface area contributed by atoms with E-state index in [2.05, 4.69) is 36.5 Å². The van der Waals surface area contributed by atoms with Gasteiger partial charge in [0.2, 0.25) is 0 Å². The van der Waals surface area contributed by atoms with Crippen LogP contribution >= 0.6 is 0 Å². The zero-order valence-corrected chi connectivity index (χ0v) is 10.5. The molecule has 3 rings (SSSR count). The highest BCUT2D eigenvalue weighted by Crippen LogP contribution is 2.28. The number of benzene rings is 1. The maximum atomic E-state index is 6.05. The van der Waals surface area contributed by atoms with Crippen molar-refractivity contribution in [3.05, 3.63) is 35.4 Å². The van der Waals surface area contributed by atoms with Gasteiger partial charge in [-0.3, -0.25) is 0 Å². The van der Waals surface area contributed by atoms with E-state index in [0.717, 1.165) is 18.7 Å². The quantitative estimate of drug-likeness (QED) is 0.863. The van der Waals surface area contributed by atoms with Crippen molar-refractivity contribution in [1.82, 2.24) is 5.32 Å². The number of hydrogen-bond acceptors (Lipinski definition) is 2. The van der Waals surface area contributed by atoms with Crippen LogP contribution < -0.4 is 5.32 Å². The van der Waals surface area contributed by atoms with E-state index in [1.165, 1.54) is 36.8 Å². The fourth-order valence-electron chi connectivity index (χ4n) is 3.04. The Kier molecular flexibility index (Phi) is 3.17. The van der Waals surface area contributed by atoms with Crippen molar-refractivity contribution in [3.8, 4) is 0 Å².